The van der Waals surface area contributed by atoms with Gasteiger partial charge in [0.2, 0.25) is 0 Å². The van der Waals surface area contributed by atoms with Crippen LogP contribution >= 0.6 is 22.9 Å². The van der Waals surface area contributed by atoms with Gasteiger partial charge in [-0.3, -0.25) is 4.79 Å². The molecule has 0 aliphatic heterocycles. The Morgan fingerprint density at radius 1 is 1.45 bits per heavy atom. The van der Waals surface area contributed by atoms with E-state index in [1.54, 1.807) is 18.2 Å². The molecule has 2 rings (SSSR count). The van der Waals surface area contributed by atoms with Crippen LogP contribution in [-0.2, 0) is 0 Å². The van der Waals surface area contributed by atoms with E-state index < -0.39 is 11.7 Å². The fourth-order valence-electron chi connectivity index (χ4n) is 1.38. The molecule has 0 atom stereocenters. The number of nitrogens with one attached hydrogen (secondary N) is 1. The molecule has 0 unspecified atom stereocenters. The molecule has 1 aromatic carbocycles. The lowest BCUT2D eigenvalue weighted by atomic mass is 10.1. The van der Waals surface area contributed by atoms with Crippen molar-refractivity contribution >= 4 is 35.1 Å². The topological polar surface area (TPSA) is 65.2 Å². The summed E-state index contributed by atoms with van der Waals surface area (Å²) in [4.78, 5) is 12.4. The smallest absolute Gasteiger partial charge is 0.267 e. The van der Waals surface area contributed by atoms with Gasteiger partial charge in [0.05, 0.1) is 27.7 Å². The fourth-order valence-corrected chi connectivity index (χ4v) is 2.31. The van der Waals surface area contributed by atoms with Crippen molar-refractivity contribution in [3.63, 3.8) is 0 Å². The van der Waals surface area contributed by atoms with Crippen LogP contribution < -0.4 is 5.43 Å². The van der Waals surface area contributed by atoms with E-state index in [0.717, 1.165) is 10.9 Å². The van der Waals surface area contributed by atoms with Crippen LogP contribution in [0.2, 0.25) is 4.34 Å². The zero-order valence-electron chi connectivity index (χ0n) is 9.93. The summed E-state index contributed by atoms with van der Waals surface area (Å²) in [5.74, 6) is -1.46. The van der Waals surface area contributed by atoms with Crippen molar-refractivity contribution in [2.24, 2.45) is 5.10 Å². The van der Waals surface area contributed by atoms with Gasteiger partial charge in [0.15, 0.2) is 0 Å². The number of benzene rings is 1. The third kappa shape index (κ3) is 3.41. The third-order valence-corrected chi connectivity index (χ3v) is 3.46. The Morgan fingerprint density at radius 3 is 2.85 bits per heavy atom. The molecule has 0 radical (unpaired) electrons. The van der Waals surface area contributed by atoms with Crippen molar-refractivity contribution < 1.29 is 9.18 Å². The first-order valence-electron chi connectivity index (χ1n) is 5.38. The van der Waals surface area contributed by atoms with Gasteiger partial charge in [0, 0.05) is 4.88 Å². The monoisotopic (exact) mass is 307 g/mol. The number of amides is 1. The Kier molecular flexibility index (Phi) is 4.45. The molecule has 1 heterocycles. The van der Waals surface area contributed by atoms with Crippen LogP contribution in [0.1, 0.15) is 20.8 Å². The van der Waals surface area contributed by atoms with Crippen LogP contribution in [0.3, 0.4) is 0 Å². The van der Waals surface area contributed by atoms with Gasteiger partial charge in [-0.1, -0.05) is 11.6 Å². The highest BCUT2D eigenvalue weighted by Gasteiger charge is 2.11. The van der Waals surface area contributed by atoms with E-state index in [1.165, 1.54) is 29.7 Å². The number of nitrogens with zero attached hydrogens (tertiary/aromatic N) is 2. The number of hydrogen-bond acceptors (Lipinski definition) is 4. The van der Waals surface area contributed by atoms with Gasteiger partial charge in [-0.15, -0.1) is 11.3 Å². The van der Waals surface area contributed by atoms with E-state index in [9.17, 15) is 9.18 Å². The van der Waals surface area contributed by atoms with Gasteiger partial charge >= 0.3 is 0 Å². The molecule has 100 valence electrons. The molecule has 1 amide bonds. The predicted octanol–water partition coefficient (Wildman–Crippen LogP) is 3.18. The third-order valence-electron chi connectivity index (χ3n) is 2.29. The first-order valence-corrected chi connectivity index (χ1v) is 6.58. The molecule has 0 spiro atoms. The van der Waals surface area contributed by atoms with E-state index in [-0.39, 0.29) is 11.1 Å². The molecule has 0 bridgehead atoms. The van der Waals surface area contributed by atoms with E-state index in [1.807, 2.05) is 0 Å². The highest BCUT2D eigenvalue weighted by molar-refractivity contribution is 7.17. The SMILES string of the molecule is N#Cc1ccc(C(=O)N/N=C/c2ccc(Cl)s2)c(F)c1. The second kappa shape index (κ2) is 6.28. The fraction of sp³-hybridized carbons (Fsp3) is 0. The van der Waals surface area contributed by atoms with E-state index in [0.29, 0.717) is 4.34 Å². The lowest BCUT2D eigenvalue weighted by Gasteiger charge is -2.01. The molecular formula is C13H7ClFN3OS. The average Bonchev–Trinajstić information content (AvgIpc) is 2.84. The van der Waals surface area contributed by atoms with Crippen molar-refractivity contribution in [2.75, 3.05) is 0 Å². The van der Waals surface area contributed by atoms with E-state index >= 15 is 0 Å². The van der Waals surface area contributed by atoms with E-state index in [2.05, 4.69) is 10.5 Å². The van der Waals surface area contributed by atoms with Crippen molar-refractivity contribution in [3.05, 3.63) is 56.5 Å². The number of rotatable bonds is 3. The summed E-state index contributed by atoms with van der Waals surface area (Å²) < 4.78 is 14.2. The summed E-state index contributed by atoms with van der Waals surface area (Å²) >= 11 is 7.04. The maximum atomic E-state index is 13.6. The largest absolute Gasteiger partial charge is 0.274 e. The number of carbonyl (C=O) groups excluding carboxylic acids is 1. The minimum Gasteiger partial charge on any atom is -0.267 e. The van der Waals surface area contributed by atoms with Crippen LogP contribution in [-0.4, -0.2) is 12.1 Å². The van der Waals surface area contributed by atoms with Gasteiger partial charge in [0.25, 0.3) is 5.91 Å². The predicted molar refractivity (Wildman–Crippen MR) is 75.5 cm³/mol. The van der Waals surface area contributed by atoms with E-state index in [4.69, 9.17) is 16.9 Å². The van der Waals surface area contributed by atoms with Crippen LogP contribution in [0.15, 0.2) is 35.4 Å². The average molecular weight is 308 g/mol. The van der Waals surface area contributed by atoms with Crippen LogP contribution in [0.25, 0.3) is 0 Å². The first kappa shape index (κ1) is 14.2. The van der Waals surface area contributed by atoms with Gasteiger partial charge in [-0.2, -0.15) is 10.4 Å². The molecule has 0 saturated heterocycles. The standard InChI is InChI=1S/C13H7ClFN3OS/c14-12-4-2-9(20-12)7-17-18-13(19)10-3-1-8(6-16)5-11(10)15/h1-5,7H,(H,18,19)/b17-7+. The molecule has 0 aliphatic carbocycles. The lowest BCUT2D eigenvalue weighted by Crippen LogP contribution is -2.19. The minimum absolute atomic E-state index is 0.149. The van der Waals surface area contributed by atoms with Gasteiger partial charge in [-0.25, -0.2) is 9.82 Å². The Morgan fingerprint density at radius 2 is 2.25 bits per heavy atom. The number of carbonyl (C=O) groups is 1. The molecule has 20 heavy (non-hydrogen) atoms. The molecule has 2 aromatic rings. The minimum atomic E-state index is -0.768. The summed E-state index contributed by atoms with van der Waals surface area (Å²) in [7, 11) is 0. The number of hydrogen-bond donors (Lipinski definition) is 1. The summed E-state index contributed by atoms with van der Waals surface area (Å²) in [5, 5.41) is 12.3. The number of hydrazone groups is 1. The highest BCUT2D eigenvalue weighted by atomic mass is 35.5. The highest BCUT2D eigenvalue weighted by Crippen LogP contribution is 2.19. The second-order valence-electron chi connectivity index (χ2n) is 3.65. The summed E-state index contributed by atoms with van der Waals surface area (Å²) in [6.07, 6.45) is 1.41. The molecule has 1 aromatic heterocycles. The van der Waals surface area contributed by atoms with Crippen molar-refractivity contribution in [3.8, 4) is 6.07 Å². The van der Waals surface area contributed by atoms with Crippen molar-refractivity contribution in [1.29, 1.82) is 5.26 Å². The quantitative estimate of drug-likeness (QED) is 0.699. The van der Waals surface area contributed by atoms with Crippen LogP contribution in [0, 0.1) is 17.1 Å². The summed E-state index contributed by atoms with van der Waals surface area (Å²) in [5.41, 5.74) is 2.18. The van der Waals surface area contributed by atoms with Gasteiger partial charge < -0.3 is 0 Å². The van der Waals surface area contributed by atoms with Gasteiger partial charge in [0.1, 0.15) is 5.82 Å². The van der Waals surface area contributed by atoms with Crippen molar-refractivity contribution in [2.45, 2.75) is 0 Å². The Balaban J connectivity index is 2.05. The molecule has 0 aliphatic rings. The molecule has 0 saturated carbocycles. The maximum absolute atomic E-state index is 13.6. The lowest BCUT2D eigenvalue weighted by molar-refractivity contribution is 0.0951. The summed E-state index contributed by atoms with van der Waals surface area (Å²) in [6.45, 7) is 0. The molecule has 7 heteroatoms. The van der Waals surface area contributed by atoms with Gasteiger partial charge in [-0.05, 0) is 30.3 Å². The number of nitriles is 1. The number of halogens is 2. The molecule has 4 nitrogen and oxygen atoms in total. The first-order chi connectivity index (χ1) is 9.60. The van der Waals surface area contributed by atoms with Crippen LogP contribution in [0.5, 0.6) is 0 Å². The Labute approximate surface area is 123 Å². The normalized spacial score (nSPS) is 10.4. The second-order valence-corrected chi connectivity index (χ2v) is 5.39. The Bertz CT molecular complexity index is 721. The maximum Gasteiger partial charge on any atom is 0.274 e. The van der Waals surface area contributed by atoms with Crippen LogP contribution in [0.4, 0.5) is 4.39 Å². The molecular weight excluding hydrogens is 301 g/mol. The molecule has 0 fully saturated rings. The zero-order valence-corrected chi connectivity index (χ0v) is 11.5. The number of thiophene rings is 1. The Hall–Kier alpha value is -2.23. The zero-order chi connectivity index (χ0) is 14.5. The summed E-state index contributed by atoms with van der Waals surface area (Å²) in [6, 6.07) is 8.83. The van der Waals surface area contributed by atoms with Crippen molar-refractivity contribution in [1.82, 2.24) is 5.43 Å². The molecule has 1 N–H and O–H groups in total.